The second-order valence-electron chi connectivity index (χ2n) is 7.02. The smallest absolute Gasteiger partial charge is 0.231 e. The van der Waals surface area contributed by atoms with E-state index < -0.39 is 9.84 Å². The third-order valence-corrected chi connectivity index (χ3v) is 8.20. The van der Waals surface area contributed by atoms with Gasteiger partial charge in [0.05, 0.1) is 23.6 Å². The minimum absolute atomic E-state index is 0.0171. The molecule has 3 aliphatic rings. The second-order valence-corrected chi connectivity index (χ2v) is 10.5. The summed E-state index contributed by atoms with van der Waals surface area (Å²) in [4.78, 5) is 6.57. The normalized spacial score (nSPS) is 23.9. The van der Waals surface area contributed by atoms with Crippen LogP contribution in [0.25, 0.3) is 0 Å². The first-order chi connectivity index (χ1) is 13.9. The Bertz CT molecular complexity index is 1100. The predicted molar refractivity (Wildman–Crippen MR) is 111 cm³/mol. The van der Waals surface area contributed by atoms with Gasteiger partial charge in [-0.1, -0.05) is 29.4 Å². The van der Waals surface area contributed by atoms with Crippen LogP contribution in [-0.2, 0) is 15.6 Å². The Balaban J connectivity index is 1.47. The standard InChI is InChI=1S/C19H16ClFN2O4S2/c20-13-2-1-3-14(21)12(13)7-28-19-22-15-8-29(24,25)9-16(15)23(19)11-4-5-17-18(6-11)27-10-26-17/h1-6,15-16H,7-10H2/t15-,16+/m1/s1. The first kappa shape index (κ1) is 19.0. The first-order valence-electron chi connectivity index (χ1n) is 8.94. The summed E-state index contributed by atoms with van der Waals surface area (Å²) in [5, 5.41) is 1.00. The Morgan fingerprint density at radius 3 is 2.86 bits per heavy atom. The molecular weight excluding hydrogens is 439 g/mol. The number of benzene rings is 2. The molecule has 2 aromatic rings. The van der Waals surface area contributed by atoms with Crippen molar-refractivity contribution < 1.29 is 22.3 Å². The lowest BCUT2D eigenvalue weighted by atomic mass is 10.1. The Kier molecular flexibility index (Phi) is 4.64. The maximum absolute atomic E-state index is 14.2. The number of rotatable bonds is 3. The summed E-state index contributed by atoms with van der Waals surface area (Å²) in [6.07, 6.45) is 0. The minimum atomic E-state index is -3.16. The summed E-state index contributed by atoms with van der Waals surface area (Å²) in [6, 6.07) is 9.41. The summed E-state index contributed by atoms with van der Waals surface area (Å²) in [6.45, 7) is 0.153. The van der Waals surface area contributed by atoms with Gasteiger partial charge in [-0.15, -0.1) is 0 Å². The maximum atomic E-state index is 14.2. The van der Waals surface area contributed by atoms with E-state index in [2.05, 4.69) is 4.99 Å². The Labute approximate surface area is 176 Å². The molecule has 0 N–H and O–H groups in total. The molecule has 29 heavy (non-hydrogen) atoms. The SMILES string of the molecule is O=S1(=O)C[C@H]2N=C(SCc3c(F)cccc3Cl)N(c3ccc4c(c3)OCO4)[C@H]2C1. The van der Waals surface area contributed by atoms with E-state index >= 15 is 0 Å². The second kappa shape index (κ2) is 7.07. The molecule has 0 aliphatic carbocycles. The Morgan fingerprint density at radius 2 is 2.03 bits per heavy atom. The lowest BCUT2D eigenvalue weighted by Gasteiger charge is -2.26. The van der Waals surface area contributed by atoms with Gasteiger partial charge in [-0.3, -0.25) is 4.99 Å². The van der Waals surface area contributed by atoms with E-state index in [1.165, 1.54) is 17.8 Å². The maximum Gasteiger partial charge on any atom is 0.231 e. The molecule has 2 aromatic carbocycles. The van der Waals surface area contributed by atoms with E-state index in [0.717, 1.165) is 5.69 Å². The number of anilines is 1. The van der Waals surface area contributed by atoms with Crippen molar-refractivity contribution in [3.8, 4) is 11.5 Å². The number of nitrogens with zero attached hydrogens (tertiary/aromatic N) is 2. The van der Waals surface area contributed by atoms with Crippen LogP contribution in [0.2, 0.25) is 5.02 Å². The molecule has 3 aliphatic heterocycles. The number of hydrogen-bond acceptors (Lipinski definition) is 7. The molecule has 0 unspecified atom stereocenters. The molecular formula is C19H16ClFN2O4S2. The predicted octanol–water partition coefficient (Wildman–Crippen LogP) is 3.48. The lowest BCUT2D eigenvalue weighted by Crippen LogP contribution is -2.39. The van der Waals surface area contributed by atoms with E-state index in [9.17, 15) is 12.8 Å². The molecule has 0 spiro atoms. The van der Waals surface area contributed by atoms with Crippen LogP contribution in [0, 0.1) is 5.82 Å². The molecule has 1 saturated heterocycles. The minimum Gasteiger partial charge on any atom is -0.454 e. The van der Waals surface area contributed by atoms with Gasteiger partial charge in [-0.2, -0.15) is 0 Å². The number of thioether (sulfide) groups is 1. The zero-order chi connectivity index (χ0) is 20.2. The topological polar surface area (TPSA) is 68.2 Å². The number of amidine groups is 1. The highest BCUT2D eigenvalue weighted by Gasteiger charge is 2.47. The molecule has 2 atom stereocenters. The molecule has 6 nitrogen and oxygen atoms in total. The monoisotopic (exact) mass is 454 g/mol. The van der Waals surface area contributed by atoms with Gasteiger partial charge in [0.25, 0.3) is 0 Å². The van der Waals surface area contributed by atoms with E-state index in [1.54, 1.807) is 18.2 Å². The number of halogens is 2. The van der Waals surface area contributed by atoms with Crippen LogP contribution in [0.15, 0.2) is 41.4 Å². The highest BCUT2D eigenvalue weighted by molar-refractivity contribution is 8.13. The quantitative estimate of drug-likeness (QED) is 0.707. The van der Waals surface area contributed by atoms with Crippen LogP contribution >= 0.6 is 23.4 Å². The number of fused-ring (bicyclic) bond motifs is 2. The van der Waals surface area contributed by atoms with E-state index in [-0.39, 0.29) is 42.0 Å². The number of aliphatic imine (C=N–C) groups is 1. The summed E-state index contributed by atoms with van der Waals surface area (Å²) in [5.41, 5.74) is 1.17. The van der Waals surface area contributed by atoms with Crippen molar-refractivity contribution in [3.63, 3.8) is 0 Å². The Morgan fingerprint density at radius 1 is 1.21 bits per heavy atom. The fourth-order valence-corrected chi connectivity index (χ4v) is 7.09. The van der Waals surface area contributed by atoms with Crippen molar-refractivity contribution in [2.75, 3.05) is 23.2 Å². The summed E-state index contributed by atoms with van der Waals surface area (Å²) in [7, 11) is -3.16. The highest BCUT2D eigenvalue weighted by Crippen LogP contribution is 2.41. The van der Waals surface area contributed by atoms with Crippen molar-refractivity contribution in [3.05, 3.63) is 52.8 Å². The largest absolute Gasteiger partial charge is 0.454 e. The zero-order valence-corrected chi connectivity index (χ0v) is 17.4. The molecule has 5 rings (SSSR count). The summed E-state index contributed by atoms with van der Waals surface area (Å²) in [5.74, 6) is 1.21. The average Bonchev–Trinajstić information content (AvgIpc) is 3.32. The van der Waals surface area contributed by atoms with Crippen molar-refractivity contribution in [1.29, 1.82) is 0 Å². The molecule has 1 fully saturated rings. The number of sulfone groups is 1. The van der Waals surface area contributed by atoms with Gasteiger partial charge in [0.1, 0.15) is 5.82 Å². The highest BCUT2D eigenvalue weighted by atomic mass is 35.5. The first-order valence-corrected chi connectivity index (χ1v) is 12.1. The van der Waals surface area contributed by atoms with Crippen LogP contribution < -0.4 is 14.4 Å². The summed E-state index contributed by atoms with van der Waals surface area (Å²) >= 11 is 7.49. The van der Waals surface area contributed by atoms with Gasteiger partial charge in [-0.25, -0.2) is 12.8 Å². The van der Waals surface area contributed by atoms with Crippen LogP contribution in [-0.4, -0.2) is 44.0 Å². The van der Waals surface area contributed by atoms with Gasteiger partial charge in [0, 0.05) is 28.1 Å². The molecule has 152 valence electrons. The van der Waals surface area contributed by atoms with Crippen LogP contribution in [0.5, 0.6) is 11.5 Å². The van der Waals surface area contributed by atoms with E-state index in [1.807, 2.05) is 17.0 Å². The zero-order valence-electron chi connectivity index (χ0n) is 15.0. The molecule has 0 bridgehead atoms. The van der Waals surface area contributed by atoms with Gasteiger partial charge >= 0.3 is 0 Å². The van der Waals surface area contributed by atoms with Gasteiger partial charge < -0.3 is 14.4 Å². The average molecular weight is 455 g/mol. The third-order valence-electron chi connectivity index (χ3n) is 5.15. The fourth-order valence-electron chi connectivity index (χ4n) is 3.78. The van der Waals surface area contributed by atoms with Crippen LogP contribution in [0.4, 0.5) is 10.1 Å². The third kappa shape index (κ3) is 3.45. The lowest BCUT2D eigenvalue weighted by molar-refractivity contribution is 0.174. The number of hydrogen-bond donors (Lipinski definition) is 0. The molecule has 3 heterocycles. The fraction of sp³-hybridized carbons (Fsp3) is 0.316. The van der Waals surface area contributed by atoms with Crippen molar-refractivity contribution >= 4 is 44.1 Å². The molecule has 0 amide bonds. The van der Waals surface area contributed by atoms with Gasteiger partial charge in [0.2, 0.25) is 6.79 Å². The summed E-state index contributed by atoms with van der Waals surface area (Å²) < 4.78 is 49.3. The molecule has 0 aromatic heterocycles. The molecule has 10 heteroatoms. The molecule has 0 saturated carbocycles. The number of ether oxygens (including phenoxy) is 2. The van der Waals surface area contributed by atoms with E-state index in [4.69, 9.17) is 21.1 Å². The van der Waals surface area contributed by atoms with Crippen molar-refractivity contribution in [2.24, 2.45) is 4.99 Å². The van der Waals surface area contributed by atoms with Gasteiger partial charge in [0.15, 0.2) is 26.5 Å². The van der Waals surface area contributed by atoms with Crippen LogP contribution in [0.1, 0.15) is 5.56 Å². The van der Waals surface area contributed by atoms with Crippen molar-refractivity contribution in [1.82, 2.24) is 0 Å². The Hall–Kier alpha value is -1.97. The van der Waals surface area contributed by atoms with Gasteiger partial charge in [-0.05, 0) is 24.3 Å². The molecule has 0 radical (unpaired) electrons. The van der Waals surface area contributed by atoms with E-state index in [0.29, 0.717) is 27.3 Å². The van der Waals surface area contributed by atoms with Crippen LogP contribution in [0.3, 0.4) is 0 Å². The van der Waals surface area contributed by atoms with Crippen molar-refractivity contribution in [2.45, 2.75) is 17.8 Å².